The molecule has 1 amide bonds. The smallest absolute Gasteiger partial charge is 0.244 e. The first-order chi connectivity index (χ1) is 12.1. The molecule has 3 rings (SSSR count). The van der Waals surface area contributed by atoms with E-state index in [1.54, 1.807) is 6.08 Å². The number of nitrogens with zero attached hydrogens (tertiary/aromatic N) is 1. The maximum atomic E-state index is 12.5. The van der Waals surface area contributed by atoms with Gasteiger partial charge in [-0.2, -0.15) is 0 Å². The number of anilines is 1. The van der Waals surface area contributed by atoms with Crippen molar-refractivity contribution in [3.05, 3.63) is 71.8 Å². The van der Waals surface area contributed by atoms with E-state index in [1.165, 1.54) is 5.56 Å². The summed E-state index contributed by atoms with van der Waals surface area (Å²) >= 11 is 0. The molecule has 0 aromatic heterocycles. The highest BCUT2D eigenvalue weighted by atomic mass is 16.1. The number of hydrogen-bond acceptors (Lipinski definition) is 2. The van der Waals surface area contributed by atoms with Crippen LogP contribution in [0, 0.1) is 0 Å². The number of benzene rings is 2. The predicted octanol–water partition coefficient (Wildman–Crippen LogP) is 4.35. The summed E-state index contributed by atoms with van der Waals surface area (Å²) in [5.74, 6) is -0.0255. The summed E-state index contributed by atoms with van der Waals surface area (Å²) in [6, 6.07) is 18.5. The second-order valence-electron chi connectivity index (χ2n) is 6.96. The molecule has 1 aliphatic rings. The van der Waals surface area contributed by atoms with E-state index in [4.69, 9.17) is 0 Å². The first-order valence-electron chi connectivity index (χ1n) is 8.92. The van der Waals surface area contributed by atoms with E-state index in [9.17, 15) is 4.79 Å². The lowest BCUT2D eigenvalue weighted by molar-refractivity contribution is -0.118. The lowest BCUT2D eigenvalue weighted by Gasteiger charge is -2.30. The summed E-state index contributed by atoms with van der Waals surface area (Å²) in [5, 5.41) is 3.27. The Morgan fingerprint density at radius 1 is 1.00 bits per heavy atom. The van der Waals surface area contributed by atoms with Gasteiger partial charge in [0.25, 0.3) is 0 Å². The highest BCUT2D eigenvalue weighted by Gasteiger charge is 2.36. The molecule has 0 bridgehead atoms. The van der Waals surface area contributed by atoms with Gasteiger partial charge in [0.1, 0.15) is 0 Å². The highest BCUT2D eigenvalue weighted by Crippen LogP contribution is 2.38. The molecule has 2 aromatic rings. The Hall–Kier alpha value is -2.55. The van der Waals surface area contributed by atoms with Crippen molar-refractivity contribution in [3.63, 3.8) is 0 Å². The minimum Gasteiger partial charge on any atom is -0.378 e. The van der Waals surface area contributed by atoms with Crippen LogP contribution >= 0.6 is 0 Å². The van der Waals surface area contributed by atoms with E-state index < -0.39 is 0 Å². The van der Waals surface area contributed by atoms with Gasteiger partial charge in [-0.05, 0) is 42.2 Å². The van der Waals surface area contributed by atoms with Crippen molar-refractivity contribution < 1.29 is 4.79 Å². The van der Waals surface area contributed by atoms with Crippen LogP contribution in [0.2, 0.25) is 0 Å². The van der Waals surface area contributed by atoms with Crippen molar-refractivity contribution in [2.75, 3.05) is 19.0 Å². The van der Waals surface area contributed by atoms with Crippen molar-refractivity contribution >= 4 is 17.7 Å². The molecule has 1 fully saturated rings. The Labute approximate surface area is 150 Å². The topological polar surface area (TPSA) is 32.3 Å². The summed E-state index contributed by atoms with van der Waals surface area (Å²) in [7, 11) is 4.03. The summed E-state index contributed by atoms with van der Waals surface area (Å²) in [4.78, 5) is 14.6. The third-order valence-electron chi connectivity index (χ3n) is 4.98. The van der Waals surface area contributed by atoms with Crippen LogP contribution in [0.5, 0.6) is 0 Å². The van der Waals surface area contributed by atoms with Crippen LogP contribution in [0.25, 0.3) is 6.08 Å². The second kappa shape index (κ2) is 7.56. The molecule has 2 aromatic carbocycles. The van der Waals surface area contributed by atoms with Crippen LogP contribution in [-0.4, -0.2) is 20.0 Å². The van der Waals surface area contributed by atoms with E-state index in [0.717, 1.165) is 36.9 Å². The molecule has 1 saturated carbocycles. The Kier molecular flexibility index (Phi) is 5.22. The van der Waals surface area contributed by atoms with Crippen LogP contribution in [0.3, 0.4) is 0 Å². The lowest BCUT2D eigenvalue weighted by atomic mass is 9.88. The van der Waals surface area contributed by atoms with Gasteiger partial charge in [0, 0.05) is 25.9 Å². The molecule has 130 valence electrons. The van der Waals surface area contributed by atoms with Gasteiger partial charge in [0.15, 0.2) is 0 Å². The average Bonchev–Trinajstić information content (AvgIpc) is 3.11. The van der Waals surface area contributed by atoms with E-state index in [2.05, 4.69) is 34.5 Å². The maximum Gasteiger partial charge on any atom is 0.244 e. The van der Waals surface area contributed by atoms with Crippen LogP contribution in [-0.2, 0) is 10.3 Å². The van der Waals surface area contributed by atoms with Crippen molar-refractivity contribution in [1.29, 1.82) is 0 Å². The molecule has 0 aliphatic heterocycles. The summed E-state index contributed by atoms with van der Waals surface area (Å²) in [6.45, 7) is 0. The molecule has 3 nitrogen and oxygen atoms in total. The highest BCUT2D eigenvalue weighted by molar-refractivity contribution is 5.92. The van der Waals surface area contributed by atoms with Gasteiger partial charge in [-0.3, -0.25) is 4.79 Å². The number of carbonyl (C=O) groups excluding carboxylic acids is 1. The fraction of sp³-hybridized carbons (Fsp3) is 0.318. The number of rotatable bonds is 5. The maximum absolute atomic E-state index is 12.5. The summed E-state index contributed by atoms with van der Waals surface area (Å²) in [5.41, 5.74) is 3.18. The Morgan fingerprint density at radius 2 is 1.64 bits per heavy atom. The Morgan fingerprint density at radius 3 is 2.24 bits per heavy atom. The van der Waals surface area contributed by atoms with Gasteiger partial charge in [-0.1, -0.05) is 55.3 Å². The van der Waals surface area contributed by atoms with Gasteiger partial charge < -0.3 is 10.2 Å². The molecular weight excluding hydrogens is 308 g/mol. The molecule has 0 spiro atoms. The fourth-order valence-corrected chi connectivity index (χ4v) is 3.55. The molecule has 3 heteroatoms. The fourth-order valence-electron chi connectivity index (χ4n) is 3.55. The standard InChI is InChI=1S/C22H26N2O/c1-24(2)20-13-10-18(11-14-20)12-15-21(25)23-22(16-6-7-17-22)19-8-4-3-5-9-19/h3-5,8-15H,6-7,16-17H2,1-2H3,(H,23,25)/b15-12+. The SMILES string of the molecule is CN(C)c1ccc(/C=C/C(=O)NC2(c3ccccc3)CCCC2)cc1. The van der Waals surface area contributed by atoms with Crippen LogP contribution in [0.15, 0.2) is 60.7 Å². The van der Waals surface area contributed by atoms with E-state index >= 15 is 0 Å². The monoisotopic (exact) mass is 334 g/mol. The molecular formula is C22H26N2O. The number of nitrogens with one attached hydrogen (secondary N) is 1. The van der Waals surface area contributed by atoms with Gasteiger partial charge in [0.2, 0.25) is 5.91 Å². The van der Waals surface area contributed by atoms with E-state index in [0.29, 0.717) is 0 Å². The molecule has 1 aliphatic carbocycles. The molecule has 1 N–H and O–H groups in total. The molecule has 0 heterocycles. The van der Waals surface area contributed by atoms with Crippen LogP contribution in [0.4, 0.5) is 5.69 Å². The molecule has 0 saturated heterocycles. The third-order valence-corrected chi connectivity index (χ3v) is 4.98. The molecule has 0 atom stereocenters. The number of carbonyl (C=O) groups is 1. The normalized spacial score (nSPS) is 16.1. The zero-order chi connectivity index (χ0) is 17.7. The largest absolute Gasteiger partial charge is 0.378 e. The molecule has 25 heavy (non-hydrogen) atoms. The van der Waals surface area contributed by atoms with E-state index in [1.807, 2.05) is 50.5 Å². The van der Waals surface area contributed by atoms with Gasteiger partial charge in [-0.25, -0.2) is 0 Å². The van der Waals surface area contributed by atoms with Gasteiger partial charge in [-0.15, -0.1) is 0 Å². The average molecular weight is 334 g/mol. The summed E-state index contributed by atoms with van der Waals surface area (Å²) < 4.78 is 0. The van der Waals surface area contributed by atoms with Gasteiger partial charge >= 0.3 is 0 Å². The van der Waals surface area contributed by atoms with Crippen molar-refractivity contribution in [2.45, 2.75) is 31.2 Å². The predicted molar refractivity (Wildman–Crippen MR) is 105 cm³/mol. The minimum absolute atomic E-state index is 0.0255. The van der Waals surface area contributed by atoms with E-state index in [-0.39, 0.29) is 11.4 Å². The first-order valence-corrected chi connectivity index (χ1v) is 8.92. The first kappa shape index (κ1) is 17.3. The quantitative estimate of drug-likeness (QED) is 0.825. The molecule has 0 unspecified atom stereocenters. The molecule has 0 radical (unpaired) electrons. The van der Waals surface area contributed by atoms with Crippen LogP contribution < -0.4 is 10.2 Å². The minimum atomic E-state index is -0.211. The lowest BCUT2D eigenvalue weighted by Crippen LogP contribution is -2.43. The van der Waals surface area contributed by atoms with Crippen LogP contribution in [0.1, 0.15) is 36.8 Å². The second-order valence-corrected chi connectivity index (χ2v) is 6.96. The zero-order valence-corrected chi connectivity index (χ0v) is 15.0. The van der Waals surface area contributed by atoms with Crippen molar-refractivity contribution in [3.8, 4) is 0 Å². The number of amides is 1. The number of hydrogen-bond donors (Lipinski definition) is 1. The zero-order valence-electron chi connectivity index (χ0n) is 15.0. The van der Waals surface area contributed by atoms with Crippen molar-refractivity contribution in [1.82, 2.24) is 5.32 Å². The third kappa shape index (κ3) is 4.11. The Balaban J connectivity index is 1.70. The van der Waals surface area contributed by atoms with Crippen molar-refractivity contribution in [2.24, 2.45) is 0 Å². The Bertz CT molecular complexity index is 726. The summed E-state index contributed by atoms with van der Waals surface area (Å²) in [6.07, 6.45) is 7.86. The van der Waals surface area contributed by atoms with Gasteiger partial charge in [0.05, 0.1) is 5.54 Å².